The molecule has 5 nitrogen and oxygen atoms in total. The normalized spacial score (nSPS) is 25.9. The summed E-state index contributed by atoms with van der Waals surface area (Å²) in [6.45, 7) is 4.50. The van der Waals surface area contributed by atoms with Crippen molar-refractivity contribution in [3.8, 4) is 0 Å². The van der Waals surface area contributed by atoms with E-state index in [9.17, 15) is 9.59 Å². The predicted octanol–water partition coefficient (Wildman–Crippen LogP) is 0.643. The fourth-order valence-electron chi connectivity index (χ4n) is 1.99. The summed E-state index contributed by atoms with van der Waals surface area (Å²) in [6, 6.07) is -0.763. The molecular weight excluding hydrogens is 242 g/mol. The van der Waals surface area contributed by atoms with E-state index in [0.29, 0.717) is 25.3 Å². The Kier molecular flexibility index (Phi) is 5.27. The maximum Gasteiger partial charge on any atom is 0.326 e. The SMILES string of the molecule is CCOC1C[C@@H](C(=O)O)N(C(=O)C(C)CS)C1. The van der Waals surface area contributed by atoms with Gasteiger partial charge in [-0.05, 0) is 6.92 Å². The molecule has 1 rings (SSSR count). The average Bonchev–Trinajstić information content (AvgIpc) is 2.71. The van der Waals surface area contributed by atoms with Crippen molar-refractivity contribution in [1.82, 2.24) is 4.90 Å². The first-order valence-corrected chi connectivity index (χ1v) is 6.40. The van der Waals surface area contributed by atoms with Gasteiger partial charge >= 0.3 is 5.97 Å². The number of carboxylic acids is 1. The van der Waals surface area contributed by atoms with Crippen molar-refractivity contribution in [3.05, 3.63) is 0 Å². The first kappa shape index (κ1) is 14.3. The molecule has 1 amide bonds. The third kappa shape index (κ3) is 3.35. The molecule has 1 aliphatic heterocycles. The second-order valence-corrected chi connectivity index (χ2v) is 4.61. The van der Waals surface area contributed by atoms with Gasteiger partial charge in [0, 0.05) is 31.2 Å². The van der Waals surface area contributed by atoms with E-state index in [1.165, 1.54) is 4.90 Å². The fraction of sp³-hybridized carbons (Fsp3) is 0.818. The highest BCUT2D eigenvalue weighted by Crippen LogP contribution is 2.23. The number of hydrogen-bond donors (Lipinski definition) is 2. The molecule has 0 saturated carbocycles. The molecule has 6 heteroatoms. The Morgan fingerprint density at radius 1 is 1.59 bits per heavy atom. The van der Waals surface area contributed by atoms with Crippen LogP contribution in [-0.2, 0) is 14.3 Å². The van der Waals surface area contributed by atoms with Crippen molar-refractivity contribution in [2.24, 2.45) is 5.92 Å². The molecule has 98 valence electrons. The summed E-state index contributed by atoms with van der Waals surface area (Å²) in [5, 5.41) is 9.10. The average molecular weight is 261 g/mol. The van der Waals surface area contributed by atoms with Gasteiger partial charge in [-0.1, -0.05) is 6.92 Å². The van der Waals surface area contributed by atoms with E-state index in [2.05, 4.69) is 12.6 Å². The number of carbonyl (C=O) groups excluding carboxylic acids is 1. The van der Waals surface area contributed by atoms with E-state index in [0.717, 1.165) is 0 Å². The zero-order chi connectivity index (χ0) is 13.0. The Labute approximate surface area is 107 Å². The van der Waals surface area contributed by atoms with Gasteiger partial charge in [0.25, 0.3) is 0 Å². The van der Waals surface area contributed by atoms with Gasteiger partial charge in [-0.25, -0.2) is 4.79 Å². The van der Waals surface area contributed by atoms with Crippen molar-refractivity contribution in [1.29, 1.82) is 0 Å². The Bertz CT molecular complexity index is 297. The van der Waals surface area contributed by atoms with Crippen molar-refractivity contribution in [2.45, 2.75) is 32.4 Å². The largest absolute Gasteiger partial charge is 0.480 e. The Hall–Kier alpha value is -0.750. The third-order valence-corrected chi connectivity index (χ3v) is 3.48. The van der Waals surface area contributed by atoms with E-state index in [1.807, 2.05) is 6.92 Å². The van der Waals surface area contributed by atoms with Gasteiger partial charge in [0.2, 0.25) is 5.91 Å². The van der Waals surface area contributed by atoms with Gasteiger partial charge in [0.15, 0.2) is 0 Å². The second-order valence-electron chi connectivity index (χ2n) is 4.24. The molecule has 17 heavy (non-hydrogen) atoms. The summed E-state index contributed by atoms with van der Waals surface area (Å²) in [6.07, 6.45) is 0.200. The highest BCUT2D eigenvalue weighted by molar-refractivity contribution is 7.80. The van der Waals surface area contributed by atoms with Crippen LogP contribution in [0, 0.1) is 5.92 Å². The number of amides is 1. The highest BCUT2D eigenvalue weighted by atomic mass is 32.1. The molecular formula is C11H19NO4S. The number of rotatable bonds is 5. The molecule has 0 radical (unpaired) electrons. The van der Waals surface area contributed by atoms with E-state index < -0.39 is 12.0 Å². The van der Waals surface area contributed by atoms with E-state index in [1.54, 1.807) is 6.92 Å². The molecule has 0 aliphatic carbocycles. The molecule has 3 atom stereocenters. The van der Waals surface area contributed by atoms with Crippen LogP contribution in [0.25, 0.3) is 0 Å². The van der Waals surface area contributed by atoms with Crippen molar-refractivity contribution >= 4 is 24.5 Å². The minimum atomic E-state index is -0.966. The lowest BCUT2D eigenvalue weighted by Crippen LogP contribution is -2.43. The molecule has 0 aromatic rings. The number of aliphatic carboxylic acids is 1. The van der Waals surface area contributed by atoms with Crippen LogP contribution in [0.15, 0.2) is 0 Å². The molecule has 1 fully saturated rings. The zero-order valence-electron chi connectivity index (χ0n) is 10.1. The van der Waals surface area contributed by atoms with Crippen LogP contribution in [-0.4, -0.2) is 52.9 Å². The first-order valence-electron chi connectivity index (χ1n) is 5.77. The number of carbonyl (C=O) groups is 2. The number of likely N-dealkylation sites (tertiary alicyclic amines) is 1. The lowest BCUT2D eigenvalue weighted by molar-refractivity contribution is -0.149. The van der Waals surface area contributed by atoms with E-state index >= 15 is 0 Å². The van der Waals surface area contributed by atoms with Crippen molar-refractivity contribution in [2.75, 3.05) is 18.9 Å². The van der Waals surface area contributed by atoms with Crippen LogP contribution in [0.4, 0.5) is 0 Å². The number of thiol groups is 1. The minimum Gasteiger partial charge on any atom is -0.480 e. The molecule has 0 aromatic heterocycles. The molecule has 1 heterocycles. The van der Waals surface area contributed by atoms with Gasteiger partial charge in [-0.3, -0.25) is 4.79 Å². The van der Waals surface area contributed by atoms with Gasteiger partial charge in [-0.15, -0.1) is 0 Å². The summed E-state index contributed by atoms with van der Waals surface area (Å²) >= 11 is 4.07. The monoisotopic (exact) mass is 261 g/mol. The van der Waals surface area contributed by atoms with Crippen LogP contribution in [0.1, 0.15) is 20.3 Å². The summed E-state index contributed by atoms with van der Waals surface area (Å²) in [4.78, 5) is 24.5. The number of nitrogens with zero attached hydrogens (tertiary/aromatic N) is 1. The molecule has 1 aliphatic rings. The molecule has 1 N–H and O–H groups in total. The van der Waals surface area contributed by atoms with Gasteiger partial charge in [0.05, 0.1) is 6.10 Å². The van der Waals surface area contributed by atoms with Crippen LogP contribution in [0.3, 0.4) is 0 Å². The standard InChI is InChI=1S/C11H19NO4S/c1-3-16-8-4-9(11(14)15)12(5-8)10(13)7(2)6-17/h7-9,17H,3-6H2,1-2H3,(H,14,15)/t7?,8?,9-/m0/s1. The summed E-state index contributed by atoms with van der Waals surface area (Å²) in [7, 11) is 0. The molecule has 0 spiro atoms. The highest BCUT2D eigenvalue weighted by Gasteiger charge is 2.40. The van der Waals surface area contributed by atoms with E-state index in [4.69, 9.17) is 9.84 Å². The van der Waals surface area contributed by atoms with E-state index in [-0.39, 0.29) is 17.9 Å². The van der Waals surface area contributed by atoms with Gasteiger partial charge in [-0.2, -0.15) is 12.6 Å². The van der Waals surface area contributed by atoms with Crippen LogP contribution >= 0.6 is 12.6 Å². The molecule has 1 saturated heterocycles. The molecule has 0 aromatic carbocycles. The topological polar surface area (TPSA) is 66.8 Å². The fourth-order valence-corrected chi connectivity index (χ4v) is 2.15. The van der Waals surface area contributed by atoms with Crippen LogP contribution in [0.5, 0.6) is 0 Å². The summed E-state index contributed by atoms with van der Waals surface area (Å²) in [5.41, 5.74) is 0. The Morgan fingerprint density at radius 3 is 2.71 bits per heavy atom. The molecule has 0 bridgehead atoms. The first-order chi connectivity index (χ1) is 8.01. The second kappa shape index (κ2) is 6.26. The van der Waals surface area contributed by atoms with Crippen LogP contribution < -0.4 is 0 Å². The summed E-state index contributed by atoms with van der Waals surface area (Å²) in [5.74, 6) is -0.969. The lowest BCUT2D eigenvalue weighted by atomic mass is 10.1. The zero-order valence-corrected chi connectivity index (χ0v) is 11.0. The number of hydrogen-bond acceptors (Lipinski definition) is 4. The minimum absolute atomic E-state index is 0.158. The quantitative estimate of drug-likeness (QED) is 0.713. The van der Waals surface area contributed by atoms with Crippen LogP contribution in [0.2, 0.25) is 0 Å². The lowest BCUT2D eigenvalue weighted by Gasteiger charge is -2.24. The Morgan fingerprint density at radius 2 is 2.24 bits per heavy atom. The maximum absolute atomic E-state index is 12.0. The van der Waals surface area contributed by atoms with Crippen molar-refractivity contribution < 1.29 is 19.4 Å². The number of carboxylic acid groups (broad SMARTS) is 1. The van der Waals surface area contributed by atoms with Crippen molar-refractivity contribution in [3.63, 3.8) is 0 Å². The predicted molar refractivity (Wildman–Crippen MR) is 66.2 cm³/mol. The maximum atomic E-state index is 12.0. The van der Waals surface area contributed by atoms with Gasteiger partial charge in [0.1, 0.15) is 6.04 Å². The summed E-state index contributed by atoms with van der Waals surface area (Å²) < 4.78 is 5.40. The van der Waals surface area contributed by atoms with Gasteiger partial charge < -0.3 is 14.7 Å². The Balaban J connectivity index is 2.74. The smallest absolute Gasteiger partial charge is 0.326 e. The third-order valence-electron chi connectivity index (χ3n) is 2.93. The molecule has 2 unspecified atom stereocenters. The number of ether oxygens (including phenoxy) is 1.